The van der Waals surface area contributed by atoms with Gasteiger partial charge in [0.05, 0.1) is 25.2 Å². The van der Waals surface area contributed by atoms with E-state index in [4.69, 9.17) is 14.7 Å². The molecule has 116 valence electrons. The van der Waals surface area contributed by atoms with E-state index in [-0.39, 0.29) is 5.41 Å². The molecule has 0 atom stereocenters. The molecule has 4 heteroatoms. The molecule has 1 rings (SSSR count). The van der Waals surface area contributed by atoms with Crippen LogP contribution in [-0.4, -0.2) is 19.8 Å². The highest BCUT2D eigenvalue weighted by Crippen LogP contribution is 2.32. The average Bonchev–Trinajstić information content (AvgIpc) is 2.45. The van der Waals surface area contributed by atoms with Gasteiger partial charge in [-0.15, -0.1) is 0 Å². The minimum absolute atomic E-state index is 0.377. The molecule has 0 spiro atoms. The molecular formula is C17H26N2O2. The SMILES string of the molecule is COc1cccc(CNC(C)C)c1OCCC(C)(C)C#N. The van der Waals surface area contributed by atoms with E-state index in [2.05, 4.69) is 25.2 Å². The molecule has 1 aromatic carbocycles. The molecule has 0 saturated heterocycles. The summed E-state index contributed by atoms with van der Waals surface area (Å²) in [4.78, 5) is 0. The first-order valence-electron chi connectivity index (χ1n) is 7.33. The maximum atomic E-state index is 9.05. The predicted octanol–water partition coefficient (Wildman–Crippen LogP) is 3.51. The molecule has 0 bridgehead atoms. The molecule has 0 aliphatic carbocycles. The van der Waals surface area contributed by atoms with Crippen LogP contribution >= 0.6 is 0 Å². The number of nitrogens with one attached hydrogen (secondary N) is 1. The number of ether oxygens (including phenoxy) is 2. The van der Waals surface area contributed by atoms with Crippen molar-refractivity contribution < 1.29 is 9.47 Å². The van der Waals surface area contributed by atoms with Crippen molar-refractivity contribution in [2.24, 2.45) is 5.41 Å². The fourth-order valence-electron chi connectivity index (χ4n) is 1.80. The number of hydrogen-bond acceptors (Lipinski definition) is 4. The Morgan fingerprint density at radius 2 is 2.05 bits per heavy atom. The quantitative estimate of drug-likeness (QED) is 0.796. The minimum Gasteiger partial charge on any atom is -0.493 e. The average molecular weight is 290 g/mol. The number of nitrogens with zero attached hydrogens (tertiary/aromatic N) is 1. The number of benzene rings is 1. The van der Waals surface area contributed by atoms with Crippen molar-refractivity contribution >= 4 is 0 Å². The number of rotatable bonds is 8. The lowest BCUT2D eigenvalue weighted by Gasteiger charge is -2.19. The van der Waals surface area contributed by atoms with Gasteiger partial charge in [0.2, 0.25) is 0 Å². The Bertz CT molecular complexity index is 490. The van der Waals surface area contributed by atoms with E-state index in [1.54, 1.807) is 7.11 Å². The van der Waals surface area contributed by atoms with Crippen molar-refractivity contribution in [3.63, 3.8) is 0 Å². The van der Waals surface area contributed by atoms with Gasteiger partial charge in [0.1, 0.15) is 0 Å². The van der Waals surface area contributed by atoms with E-state index in [0.29, 0.717) is 19.1 Å². The first-order valence-corrected chi connectivity index (χ1v) is 7.33. The van der Waals surface area contributed by atoms with Crippen LogP contribution in [0.5, 0.6) is 11.5 Å². The largest absolute Gasteiger partial charge is 0.493 e. The molecule has 21 heavy (non-hydrogen) atoms. The van der Waals surface area contributed by atoms with Gasteiger partial charge in [-0.3, -0.25) is 0 Å². The van der Waals surface area contributed by atoms with Gasteiger partial charge in [-0.1, -0.05) is 26.0 Å². The molecule has 0 aliphatic rings. The predicted molar refractivity (Wildman–Crippen MR) is 84.5 cm³/mol. The fraction of sp³-hybridized carbons (Fsp3) is 0.588. The molecule has 1 aromatic rings. The summed E-state index contributed by atoms with van der Waals surface area (Å²) in [5.74, 6) is 1.50. The highest BCUT2D eigenvalue weighted by Gasteiger charge is 2.18. The van der Waals surface area contributed by atoms with Crippen LogP contribution in [0.4, 0.5) is 0 Å². The number of nitriles is 1. The lowest BCUT2D eigenvalue weighted by molar-refractivity contribution is 0.250. The Morgan fingerprint density at radius 3 is 2.62 bits per heavy atom. The van der Waals surface area contributed by atoms with E-state index < -0.39 is 0 Å². The molecule has 0 heterocycles. The maximum absolute atomic E-state index is 9.05. The van der Waals surface area contributed by atoms with E-state index >= 15 is 0 Å². The van der Waals surface area contributed by atoms with Crippen LogP contribution in [0, 0.1) is 16.7 Å². The Labute approximate surface area is 128 Å². The zero-order valence-electron chi connectivity index (χ0n) is 13.7. The number of methoxy groups -OCH3 is 1. The number of hydrogen-bond donors (Lipinski definition) is 1. The van der Waals surface area contributed by atoms with Crippen molar-refractivity contribution in [2.75, 3.05) is 13.7 Å². The molecule has 0 aliphatic heterocycles. The van der Waals surface area contributed by atoms with Crippen molar-refractivity contribution in [1.82, 2.24) is 5.32 Å². The maximum Gasteiger partial charge on any atom is 0.165 e. The summed E-state index contributed by atoms with van der Waals surface area (Å²) in [5.41, 5.74) is 0.691. The molecule has 0 amide bonds. The second-order valence-corrected chi connectivity index (χ2v) is 6.08. The molecule has 0 unspecified atom stereocenters. The number of para-hydroxylation sites is 1. The molecule has 0 saturated carbocycles. The van der Waals surface area contributed by atoms with Gasteiger partial charge in [-0.2, -0.15) is 5.26 Å². The van der Waals surface area contributed by atoms with Crippen molar-refractivity contribution in [1.29, 1.82) is 5.26 Å². The smallest absolute Gasteiger partial charge is 0.165 e. The van der Waals surface area contributed by atoms with Gasteiger partial charge in [-0.25, -0.2) is 0 Å². The summed E-state index contributed by atoms with van der Waals surface area (Å²) in [6.45, 7) is 9.27. The van der Waals surface area contributed by atoms with Gasteiger partial charge in [0.25, 0.3) is 0 Å². The van der Waals surface area contributed by atoms with Crippen LogP contribution in [0.15, 0.2) is 18.2 Å². The third kappa shape index (κ3) is 5.65. The van der Waals surface area contributed by atoms with Crippen molar-refractivity contribution in [3.05, 3.63) is 23.8 Å². The molecule has 0 aromatic heterocycles. The molecule has 0 radical (unpaired) electrons. The second-order valence-electron chi connectivity index (χ2n) is 6.08. The Balaban J connectivity index is 2.80. The van der Waals surface area contributed by atoms with Crippen molar-refractivity contribution in [2.45, 2.75) is 46.7 Å². The first kappa shape index (κ1) is 17.3. The van der Waals surface area contributed by atoms with Gasteiger partial charge >= 0.3 is 0 Å². The second kappa shape index (κ2) is 7.90. The lowest BCUT2D eigenvalue weighted by atomic mass is 9.92. The molecule has 0 fully saturated rings. The molecule has 4 nitrogen and oxygen atoms in total. The normalized spacial score (nSPS) is 11.3. The van der Waals surface area contributed by atoms with Crippen molar-refractivity contribution in [3.8, 4) is 17.6 Å². The van der Waals surface area contributed by atoms with Crippen LogP contribution in [0.1, 0.15) is 39.7 Å². The standard InChI is InChI=1S/C17H26N2O2/c1-13(2)19-11-14-7-6-8-15(20-5)16(14)21-10-9-17(3,4)12-18/h6-8,13,19H,9-11H2,1-5H3. The zero-order chi connectivity index (χ0) is 15.9. The van der Waals surface area contributed by atoms with Crippen LogP contribution in [0.2, 0.25) is 0 Å². The van der Waals surface area contributed by atoms with E-state index in [1.807, 2.05) is 32.0 Å². The Morgan fingerprint density at radius 1 is 1.33 bits per heavy atom. The van der Waals surface area contributed by atoms with Crippen LogP contribution in [0.3, 0.4) is 0 Å². The fourth-order valence-corrected chi connectivity index (χ4v) is 1.80. The van der Waals surface area contributed by atoms with Gasteiger partial charge in [-0.05, 0) is 26.3 Å². The summed E-state index contributed by atoms with van der Waals surface area (Å²) in [5, 5.41) is 12.4. The summed E-state index contributed by atoms with van der Waals surface area (Å²) in [6.07, 6.45) is 0.679. The highest BCUT2D eigenvalue weighted by molar-refractivity contribution is 5.46. The monoisotopic (exact) mass is 290 g/mol. The van der Waals surface area contributed by atoms with E-state index in [1.165, 1.54) is 0 Å². The third-order valence-electron chi connectivity index (χ3n) is 3.26. The minimum atomic E-state index is -0.377. The third-order valence-corrected chi connectivity index (χ3v) is 3.26. The first-order chi connectivity index (χ1) is 9.89. The van der Waals surface area contributed by atoms with Crippen LogP contribution in [0.25, 0.3) is 0 Å². The summed E-state index contributed by atoms with van der Waals surface area (Å²) >= 11 is 0. The van der Waals surface area contributed by atoms with E-state index in [0.717, 1.165) is 23.6 Å². The lowest BCUT2D eigenvalue weighted by Crippen LogP contribution is -2.22. The summed E-state index contributed by atoms with van der Waals surface area (Å²) in [6, 6.07) is 8.58. The Kier molecular flexibility index (Phi) is 6.51. The summed E-state index contributed by atoms with van der Waals surface area (Å²) < 4.78 is 11.3. The van der Waals surface area contributed by atoms with Gasteiger partial charge in [0, 0.05) is 18.2 Å². The van der Waals surface area contributed by atoms with Gasteiger partial charge < -0.3 is 14.8 Å². The molecular weight excluding hydrogens is 264 g/mol. The molecule has 1 N–H and O–H groups in total. The highest BCUT2D eigenvalue weighted by atomic mass is 16.5. The topological polar surface area (TPSA) is 54.3 Å². The zero-order valence-corrected chi connectivity index (χ0v) is 13.7. The van der Waals surface area contributed by atoms with Crippen LogP contribution in [-0.2, 0) is 6.54 Å². The Hall–Kier alpha value is -1.73. The van der Waals surface area contributed by atoms with Gasteiger partial charge in [0.15, 0.2) is 11.5 Å². The van der Waals surface area contributed by atoms with Crippen LogP contribution < -0.4 is 14.8 Å². The van der Waals surface area contributed by atoms with E-state index in [9.17, 15) is 0 Å². The summed E-state index contributed by atoms with van der Waals surface area (Å²) in [7, 11) is 1.64.